The zero-order chi connectivity index (χ0) is 18.6. The molecule has 0 aliphatic carbocycles. The van der Waals surface area contributed by atoms with Gasteiger partial charge in [-0.25, -0.2) is 9.37 Å². The number of nitrogens with one attached hydrogen (secondary N) is 1. The fourth-order valence-electron chi connectivity index (χ4n) is 3.37. The topological polar surface area (TPSA) is 50.4 Å². The van der Waals surface area contributed by atoms with Crippen LogP contribution in [0.2, 0.25) is 0 Å². The van der Waals surface area contributed by atoms with Crippen molar-refractivity contribution in [3.8, 4) is 17.0 Å². The number of methoxy groups -OCH3 is 1. The second kappa shape index (κ2) is 7.90. The molecule has 1 N–H and O–H groups in total. The number of ether oxygens (including phenoxy) is 2. The molecule has 0 spiro atoms. The molecule has 1 aliphatic heterocycles. The van der Waals surface area contributed by atoms with Gasteiger partial charge in [0, 0.05) is 24.2 Å². The van der Waals surface area contributed by atoms with Crippen LogP contribution in [0, 0.1) is 5.82 Å². The molecule has 2 heterocycles. The number of imidazole rings is 1. The van der Waals surface area contributed by atoms with Gasteiger partial charge in [-0.1, -0.05) is 30.3 Å². The molecular weight excluding hydrogens is 345 g/mol. The second-order valence-electron chi connectivity index (χ2n) is 6.57. The molecule has 3 aromatic rings. The molecule has 1 aromatic heterocycles. The first-order valence-electron chi connectivity index (χ1n) is 8.99. The summed E-state index contributed by atoms with van der Waals surface area (Å²) in [5.41, 5.74) is 2.61. The zero-order valence-corrected chi connectivity index (χ0v) is 15.2. The maximum absolute atomic E-state index is 14.1. The minimum Gasteiger partial charge on any atom is -0.497 e. The van der Waals surface area contributed by atoms with Gasteiger partial charge in [-0.05, 0) is 18.2 Å². The molecule has 0 saturated carbocycles. The molecule has 1 aliphatic rings. The highest BCUT2D eigenvalue weighted by molar-refractivity contribution is 5.60. The Balaban J connectivity index is 1.57. The van der Waals surface area contributed by atoms with Gasteiger partial charge in [-0.15, -0.1) is 0 Å². The molecule has 0 radical (unpaired) electrons. The highest BCUT2D eigenvalue weighted by Crippen LogP contribution is 2.28. The first kappa shape index (κ1) is 17.7. The molecule has 27 heavy (non-hydrogen) atoms. The summed E-state index contributed by atoms with van der Waals surface area (Å²) in [7, 11) is 1.65. The molecular formula is C21H22FN3O2. The zero-order valence-electron chi connectivity index (χ0n) is 15.2. The van der Waals surface area contributed by atoms with E-state index in [9.17, 15) is 4.39 Å². The minimum atomic E-state index is -0.181. The van der Waals surface area contributed by atoms with Crippen LogP contribution in [0.15, 0.2) is 54.7 Å². The number of aromatic nitrogens is 2. The number of nitrogens with zero attached hydrogens (tertiary/aromatic N) is 2. The van der Waals surface area contributed by atoms with Crippen molar-refractivity contribution in [2.75, 3.05) is 26.9 Å². The smallest absolute Gasteiger partial charge is 0.127 e. The largest absolute Gasteiger partial charge is 0.497 e. The number of rotatable bonds is 5. The van der Waals surface area contributed by atoms with Crippen LogP contribution >= 0.6 is 0 Å². The normalized spacial score (nSPS) is 17.8. The maximum atomic E-state index is 14.1. The Morgan fingerprint density at radius 2 is 2.15 bits per heavy atom. The van der Waals surface area contributed by atoms with E-state index < -0.39 is 0 Å². The summed E-state index contributed by atoms with van der Waals surface area (Å²) in [5.74, 6) is 1.44. The summed E-state index contributed by atoms with van der Waals surface area (Å²) < 4.78 is 25.0. The number of hydrogen-bond acceptors (Lipinski definition) is 4. The van der Waals surface area contributed by atoms with Crippen LogP contribution in [-0.2, 0) is 11.3 Å². The van der Waals surface area contributed by atoms with Crippen molar-refractivity contribution in [2.24, 2.45) is 0 Å². The van der Waals surface area contributed by atoms with Gasteiger partial charge in [-0.2, -0.15) is 0 Å². The molecule has 6 heteroatoms. The van der Waals surface area contributed by atoms with Crippen LogP contribution < -0.4 is 4.74 Å². The molecule has 1 atom stereocenters. The molecule has 2 aromatic carbocycles. The third kappa shape index (κ3) is 3.86. The van der Waals surface area contributed by atoms with Crippen molar-refractivity contribution in [2.45, 2.75) is 12.6 Å². The summed E-state index contributed by atoms with van der Waals surface area (Å²) in [5, 5.41) is 0. The maximum Gasteiger partial charge on any atom is 0.127 e. The van der Waals surface area contributed by atoms with E-state index in [0.717, 1.165) is 29.4 Å². The average Bonchev–Trinajstić information content (AvgIpc) is 3.20. The number of morpholine rings is 1. The van der Waals surface area contributed by atoms with Gasteiger partial charge in [0.05, 0.1) is 38.3 Å². The van der Waals surface area contributed by atoms with E-state index in [2.05, 4.69) is 14.9 Å². The number of benzene rings is 2. The molecule has 4 rings (SSSR count). The van der Waals surface area contributed by atoms with Gasteiger partial charge in [0.1, 0.15) is 17.4 Å². The molecule has 1 saturated heterocycles. The fraction of sp³-hybridized carbons (Fsp3) is 0.286. The molecule has 140 valence electrons. The Morgan fingerprint density at radius 1 is 1.26 bits per heavy atom. The van der Waals surface area contributed by atoms with E-state index in [1.807, 2.05) is 42.6 Å². The number of H-pyrrole nitrogens is 1. The van der Waals surface area contributed by atoms with Crippen molar-refractivity contribution < 1.29 is 13.9 Å². The minimum absolute atomic E-state index is 0.0438. The lowest BCUT2D eigenvalue weighted by Crippen LogP contribution is -2.39. The van der Waals surface area contributed by atoms with Crippen LogP contribution in [0.1, 0.15) is 17.4 Å². The van der Waals surface area contributed by atoms with E-state index in [4.69, 9.17) is 9.47 Å². The van der Waals surface area contributed by atoms with E-state index in [1.165, 1.54) is 6.07 Å². The van der Waals surface area contributed by atoms with E-state index >= 15 is 0 Å². The second-order valence-corrected chi connectivity index (χ2v) is 6.57. The summed E-state index contributed by atoms with van der Waals surface area (Å²) in [6.07, 6.45) is 1.82. The van der Waals surface area contributed by atoms with Crippen LogP contribution in [0.3, 0.4) is 0 Å². The van der Waals surface area contributed by atoms with Crippen molar-refractivity contribution in [3.63, 3.8) is 0 Å². The van der Waals surface area contributed by atoms with Gasteiger partial charge in [0.2, 0.25) is 0 Å². The SMILES string of the molecule is COc1cccc(-c2cnc(C3COCCN3Cc3ccccc3F)[nH]2)c1. The average molecular weight is 367 g/mol. The third-order valence-electron chi connectivity index (χ3n) is 4.86. The lowest BCUT2D eigenvalue weighted by Gasteiger charge is -2.34. The molecule has 1 fully saturated rings. The third-order valence-corrected chi connectivity index (χ3v) is 4.86. The van der Waals surface area contributed by atoms with Gasteiger partial charge >= 0.3 is 0 Å². The van der Waals surface area contributed by atoms with Crippen molar-refractivity contribution in [3.05, 3.63) is 71.9 Å². The number of hydrogen-bond donors (Lipinski definition) is 1. The Kier molecular flexibility index (Phi) is 5.18. The van der Waals surface area contributed by atoms with Crippen LogP contribution in [0.5, 0.6) is 5.75 Å². The van der Waals surface area contributed by atoms with Gasteiger partial charge in [-0.3, -0.25) is 4.90 Å². The number of aromatic amines is 1. The first-order chi connectivity index (χ1) is 13.2. The van der Waals surface area contributed by atoms with E-state index in [0.29, 0.717) is 25.3 Å². The lowest BCUT2D eigenvalue weighted by molar-refractivity contribution is -0.0160. The van der Waals surface area contributed by atoms with Crippen molar-refractivity contribution >= 4 is 0 Å². The lowest BCUT2D eigenvalue weighted by atomic mass is 10.1. The summed E-state index contributed by atoms with van der Waals surface area (Å²) >= 11 is 0. The van der Waals surface area contributed by atoms with Crippen LogP contribution in [0.25, 0.3) is 11.3 Å². The molecule has 0 bridgehead atoms. The predicted octanol–water partition coefficient (Wildman–Crippen LogP) is 3.80. The van der Waals surface area contributed by atoms with Gasteiger partial charge in [0.15, 0.2) is 0 Å². The Bertz CT molecular complexity index is 912. The molecule has 1 unspecified atom stereocenters. The Morgan fingerprint density at radius 3 is 3.00 bits per heavy atom. The Labute approximate surface area is 157 Å². The quantitative estimate of drug-likeness (QED) is 0.745. The summed E-state index contributed by atoms with van der Waals surface area (Å²) in [6.45, 7) is 2.41. The first-order valence-corrected chi connectivity index (χ1v) is 8.99. The fourth-order valence-corrected chi connectivity index (χ4v) is 3.37. The van der Waals surface area contributed by atoms with Crippen molar-refractivity contribution in [1.82, 2.24) is 14.9 Å². The summed E-state index contributed by atoms with van der Waals surface area (Å²) in [6, 6.07) is 14.7. The van der Waals surface area contributed by atoms with Gasteiger partial charge < -0.3 is 14.5 Å². The van der Waals surface area contributed by atoms with E-state index in [1.54, 1.807) is 13.2 Å². The molecule has 5 nitrogen and oxygen atoms in total. The van der Waals surface area contributed by atoms with Gasteiger partial charge in [0.25, 0.3) is 0 Å². The highest BCUT2D eigenvalue weighted by atomic mass is 19.1. The molecule has 0 amide bonds. The van der Waals surface area contributed by atoms with Crippen LogP contribution in [-0.4, -0.2) is 41.7 Å². The standard InChI is InChI=1S/C21H22FN3O2/c1-26-17-7-4-6-15(11-17)19-12-23-21(24-19)20-14-27-10-9-25(20)13-16-5-2-3-8-18(16)22/h2-8,11-12,20H,9-10,13-14H2,1H3,(H,23,24). The van der Waals surface area contributed by atoms with Crippen LogP contribution in [0.4, 0.5) is 4.39 Å². The monoisotopic (exact) mass is 367 g/mol. The predicted molar refractivity (Wildman–Crippen MR) is 101 cm³/mol. The van der Waals surface area contributed by atoms with E-state index in [-0.39, 0.29) is 11.9 Å². The Hall–Kier alpha value is -2.70. The highest BCUT2D eigenvalue weighted by Gasteiger charge is 2.27. The summed E-state index contributed by atoms with van der Waals surface area (Å²) in [4.78, 5) is 10.2. The number of halogens is 1. The van der Waals surface area contributed by atoms with Crippen molar-refractivity contribution in [1.29, 1.82) is 0 Å².